The van der Waals surface area contributed by atoms with Gasteiger partial charge in [0.05, 0.1) is 6.42 Å². The Balaban J connectivity index is 1.28. The highest BCUT2D eigenvalue weighted by molar-refractivity contribution is 5.89. The molecule has 2 aromatic carbocycles. The van der Waals surface area contributed by atoms with Gasteiger partial charge in [-0.2, -0.15) is 0 Å². The minimum atomic E-state index is -0.308. The maximum atomic E-state index is 14.3. The summed E-state index contributed by atoms with van der Waals surface area (Å²) in [5, 5.41) is 1.42. The third-order valence-electron chi connectivity index (χ3n) is 6.04. The lowest BCUT2D eigenvalue weighted by molar-refractivity contribution is -0.131. The second-order valence-corrected chi connectivity index (χ2v) is 7.74. The maximum absolute atomic E-state index is 14.3. The Bertz CT molecular complexity index is 1200. The molecule has 1 saturated heterocycles. The van der Waals surface area contributed by atoms with Crippen molar-refractivity contribution in [2.24, 2.45) is 0 Å². The second-order valence-electron chi connectivity index (χ2n) is 7.74. The van der Waals surface area contributed by atoms with Crippen molar-refractivity contribution in [1.29, 1.82) is 0 Å². The number of amides is 1. The molecule has 0 saturated carbocycles. The quantitative estimate of drug-likeness (QED) is 0.512. The molecule has 0 aliphatic carbocycles. The van der Waals surface area contributed by atoms with Gasteiger partial charge in [0.2, 0.25) is 5.91 Å². The summed E-state index contributed by atoms with van der Waals surface area (Å²) in [7, 11) is 0. The van der Waals surface area contributed by atoms with Gasteiger partial charge in [0, 0.05) is 47.3 Å². The van der Waals surface area contributed by atoms with Crippen LogP contribution >= 0.6 is 0 Å². The first-order valence-electron chi connectivity index (χ1n) is 9.89. The summed E-state index contributed by atoms with van der Waals surface area (Å²) < 4.78 is 27.9. The maximum Gasteiger partial charge on any atom is 0.227 e. The van der Waals surface area contributed by atoms with E-state index in [0.29, 0.717) is 18.5 Å². The van der Waals surface area contributed by atoms with E-state index in [1.807, 2.05) is 17.2 Å². The van der Waals surface area contributed by atoms with E-state index in [1.54, 1.807) is 18.3 Å². The second kappa shape index (κ2) is 7.03. The van der Waals surface area contributed by atoms with Gasteiger partial charge < -0.3 is 14.9 Å². The standard InChI is InChI=1S/C23H21F2N3O/c24-16-4-5-20-17(11-16)15(12-26-20)10-22(29)28-8-6-14(7-9-28)18-13-27-21-3-1-2-19(25)23(18)21/h1-5,11-14,26-27H,6-10H2. The van der Waals surface area contributed by atoms with Crippen molar-refractivity contribution in [2.45, 2.75) is 25.2 Å². The fourth-order valence-electron chi connectivity index (χ4n) is 4.50. The number of H-pyrrole nitrogens is 2. The van der Waals surface area contributed by atoms with Crippen LogP contribution < -0.4 is 0 Å². The molecule has 3 heterocycles. The fraction of sp³-hybridized carbons (Fsp3) is 0.261. The van der Waals surface area contributed by atoms with Gasteiger partial charge in [0.1, 0.15) is 11.6 Å². The first kappa shape index (κ1) is 17.9. The Hall–Kier alpha value is -3.15. The molecule has 2 aromatic heterocycles. The molecule has 6 heteroatoms. The molecular weight excluding hydrogens is 372 g/mol. The number of carbonyl (C=O) groups is 1. The van der Waals surface area contributed by atoms with Crippen LogP contribution in [0.2, 0.25) is 0 Å². The van der Waals surface area contributed by atoms with Crippen LogP contribution in [-0.4, -0.2) is 33.9 Å². The largest absolute Gasteiger partial charge is 0.361 e. The Morgan fingerprint density at radius 2 is 1.83 bits per heavy atom. The SMILES string of the molecule is O=C(Cc1c[nH]c2ccc(F)cc12)N1CCC(c2c[nH]c3cccc(F)c23)CC1. The van der Waals surface area contributed by atoms with Crippen molar-refractivity contribution in [3.05, 3.63) is 71.6 Å². The zero-order valence-electron chi connectivity index (χ0n) is 15.8. The highest BCUT2D eigenvalue weighted by atomic mass is 19.1. The molecule has 1 amide bonds. The number of carbonyl (C=O) groups excluding carboxylic acids is 1. The zero-order chi connectivity index (χ0) is 20.0. The zero-order valence-corrected chi connectivity index (χ0v) is 15.8. The third kappa shape index (κ3) is 3.18. The van der Waals surface area contributed by atoms with Gasteiger partial charge in [0.25, 0.3) is 0 Å². The number of benzene rings is 2. The molecule has 0 radical (unpaired) electrons. The number of fused-ring (bicyclic) bond motifs is 2. The van der Waals surface area contributed by atoms with E-state index in [9.17, 15) is 13.6 Å². The van der Waals surface area contributed by atoms with Crippen LogP contribution in [0.1, 0.15) is 29.9 Å². The summed E-state index contributed by atoms with van der Waals surface area (Å²) >= 11 is 0. The first-order valence-corrected chi connectivity index (χ1v) is 9.89. The molecule has 1 fully saturated rings. The summed E-state index contributed by atoms with van der Waals surface area (Å²) in [6, 6.07) is 9.63. The van der Waals surface area contributed by atoms with E-state index in [0.717, 1.165) is 40.4 Å². The minimum absolute atomic E-state index is 0.0405. The lowest BCUT2D eigenvalue weighted by Crippen LogP contribution is -2.38. The van der Waals surface area contributed by atoms with Gasteiger partial charge in [-0.05, 0) is 60.2 Å². The summed E-state index contributed by atoms with van der Waals surface area (Å²) in [5.41, 5.74) is 3.45. The first-order chi connectivity index (χ1) is 14.1. The molecule has 1 aliphatic heterocycles. The van der Waals surface area contributed by atoms with Gasteiger partial charge in [0.15, 0.2) is 0 Å². The average molecular weight is 393 g/mol. The van der Waals surface area contributed by atoms with E-state index in [2.05, 4.69) is 9.97 Å². The number of nitrogens with one attached hydrogen (secondary N) is 2. The van der Waals surface area contributed by atoms with Crippen molar-refractivity contribution < 1.29 is 13.6 Å². The van der Waals surface area contributed by atoms with E-state index in [1.165, 1.54) is 18.2 Å². The Morgan fingerprint density at radius 1 is 1.03 bits per heavy atom. The summed E-state index contributed by atoms with van der Waals surface area (Å²) in [5.74, 6) is -0.244. The van der Waals surface area contributed by atoms with Crippen LogP contribution in [0.4, 0.5) is 8.78 Å². The lowest BCUT2D eigenvalue weighted by atomic mass is 9.89. The van der Waals surface area contributed by atoms with Crippen LogP contribution in [0.15, 0.2) is 48.8 Å². The van der Waals surface area contributed by atoms with Crippen molar-refractivity contribution in [3.63, 3.8) is 0 Å². The fourth-order valence-corrected chi connectivity index (χ4v) is 4.50. The van der Waals surface area contributed by atoms with E-state index >= 15 is 0 Å². The van der Waals surface area contributed by atoms with E-state index in [4.69, 9.17) is 0 Å². The highest BCUT2D eigenvalue weighted by Crippen LogP contribution is 2.34. The van der Waals surface area contributed by atoms with Crippen LogP contribution in [0.5, 0.6) is 0 Å². The minimum Gasteiger partial charge on any atom is -0.361 e. The van der Waals surface area contributed by atoms with E-state index in [-0.39, 0.29) is 29.9 Å². The molecule has 5 rings (SSSR count). The normalized spacial score (nSPS) is 15.4. The van der Waals surface area contributed by atoms with Crippen molar-refractivity contribution in [3.8, 4) is 0 Å². The van der Waals surface area contributed by atoms with Crippen molar-refractivity contribution >= 4 is 27.7 Å². The molecule has 2 N–H and O–H groups in total. The molecule has 0 bridgehead atoms. The molecular formula is C23H21F2N3O. The Labute approximate surface area is 166 Å². The van der Waals surface area contributed by atoms with Gasteiger partial charge in [-0.3, -0.25) is 4.79 Å². The number of hydrogen-bond donors (Lipinski definition) is 2. The molecule has 0 spiro atoms. The third-order valence-corrected chi connectivity index (χ3v) is 6.04. The summed E-state index contributed by atoms with van der Waals surface area (Å²) in [6.45, 7) is 1.28. The lowest BCUT2D eigenvalue weighted by Gasteiger charge is -2.32. The van der Waals surface area contributed by atoms with Crippen LogP contribution in [0.3, 0.4) is 0 Å². The van der Waals surface area contributed by atoms with E-state index < -0.39 is 0 Å². The van der Waals surface area contributed by atoms with Gasteiger partial charge in [-0.15, -0.1) is 0 Å². The van der Waals surface area contributed by atoms with Gasteiger partial charge in [-0.1, -0.05) is 6.07 Å². The average Bonchev–Trinajstić information content (AvgIpc) is 3.33. The highest BCUT2D eigenvalue weighted by Gasteiger charge is 2.26. The number of hydrogen-bond acceptors (Lipinski definition) is 1. The van der Waals surface area contributed by atoms with Crippen LogP contribution in [0, 0.1) is 11.6 Å². The number of rotatable bonds is 3. The molecule has 148 valence electrons. The topological polar surface area (TPSA) is 51.9 Å². The molecule has 0 unspecified atom stereocenters. The van der Waals surface area contributed by atoms with Crippen molar-refractivity contribution in [2.75, 3.05) is 13.1 Å². The Kier molecular flexibility index (Phi) is 4.34. The molecule has 0 atom stereocenters. The van der Waals surface area contributed by atoms with Crippen LogP contribution in [0.25, 0.3) is 21.8 Å². The van der Waals surface area contributed by atoms with Crippen LogP contribution in [-0.2, 0) is 11.2 Å². The molecule has 4 nitrogen and oxygen atoms in total. The molecule has 4 aromatic rings. The summed E-state index contributed by atoms with van der Waals surface area (Å²) in [4.78, 5) is 20.9. The number of likely N-dealkylation sites (tertiary alicyclic amines) is 1. The number of piperidine rings is 1. The molecule has 1 aliphatic rings. The van der Waals surface area contributed by atoms with Crippen molar-refractivity contribution in [1.82, 2.24) is 14.9 Å². The number of halogens is 2. The van der Waals surface area contributed by atoms with Gasteiger partial charge >= 0.3 is 0 Å². The Morgan fingerprint density at radius 3 is 2.66 bits per heavy atom. The smallest absolute Gasteiger partial charge is 0.227 e. The number of aromatic amines is 2. The number of aromatic nitrogens is 2. The van der Waals surface area contributed by atoms with Gasteiger partial charge in [-0.25, -0.2) is 8.78 Å². The monoisotopic (exact) mass is 393 g/mol. The summed E-state index contributed by atoms with van der Waals surface area (Å²) in [6.07, 6.45) is 5.53. The predicted octanol–water partition coefficient (Wildman–Crippen LogP) is 4.88. The number of nitrogens with zero attached hydrogens (tertiary/aromatic N) is 1. The molecule has 29 heavy (non-hydrogen) atoms. The predicted molar refractivity (Wildman–Crippen MR) is 109 cm³/mol.